The molecule has 0 atom stereocenters. The van der Waals surface area contributed by atoms with Gasteiger partial charge in [-0.2, -0.15) is 0 Å². The molecule has 0 aromatic heterocycles. The summed E-state index contributed by atoms with van der Waals surface area (Å²) in [5.41, 5.74) is 0.972. The molecule has 0 saturated carbocycles. The maximum atomic E-state index is 11.9. The monoisotopic (exact) mass is 394 g/mol. The highest BCUT2D eigenvalue weighted by atomic mass is 35.5. The second-order valence-electron chi connectivity index (χ2n) is 5.31. The fraction of sp³-hybridized carbons (Fsp3) is 0.211. The van der Waals surface area contributed by atoms with E-state index >= 15 is 0 Å². The number of hydrogen-bond donors (Lipinski definition) is 0. The van der Waals surface area contributed by atoms with Gasteiger partial charge in [0.15, 0.2) is 11.6 Å². The fourth-order valence-electron chi connectivity index (χ4n) is 2.06. The Bertz CT molecular complexity index is 704. The smallest absolute Gasteiger partial charge is 0.434 e. The molecule has 0 unspecified atom stereocenters. The van der Waals surface area contributed by atoms with Crippen LogP contribution in [-0.2, 0) is 9.47 Å². The van der Waals surface area contributed by atoms with Crippen LogP contribution in [0.5, 0.6) is 0 Å². The fourth-order valence-corrected chi connectivity index (χ4v) is 2.31. The Labute approximate surface area is 160 Å². The minimum atomic E-state index is -0.919. The summed E-state index contributed by atoms with van der Waals surface area (Å²) in [6, 6.07) is 12.9. The van der Waals surface area contributed by atoms with Crippen molar-refractivity contribution in [2.24, 2.45) is 0 Å². The quantitative estimate of drug-likeness (QED) is 0.465. The number of carbonyl (C=O) groups excluding carboxylic acids is 3. The number of hydrogen-bond acceptors (Lipinski definition) is 5. The molecule has 5 nitrogen and oxygen atoms in total. The molecule has 0 aliphatic heterocycles. The van der Waals surface area contributed by atoms with Gasteiger partial charge in [0.25, 0.3) is 0 Å². The van der Waals surface area contributed by atoms with E-state index in [1.54, 1.807) is 48.5 Å². The Morgan fingerprint density at radius 3 is 1.35 bits per heavy atom. The van der Waals surface area contributed by atoms with Crippen molar-refractivity contribution in [2.75, 3.05) is 13.2 Å². The van der Waals surface area contributed by atoms with E-state index in [4.69, 9.17) is 32.7 Å². The number of ether oxygens (including phenoxy) is 2. The summed E-state index contributed by atoms with van der Waals surface area (Å²) in [5.74, 6) is -0.347. The second-order valence-corrected chi connectivity index (χ2v) is 6.18. The number of Topliss-reactive ketones (excluding diaryl/α,β-unsaturated/α-hetero) is 2. The first-order valence-corrected chi connectivity index (χ1v) is 8.58. The van der Waals surface area contributed by atoms with Gasteiger partial charge in [-0.15, -0.1) is 0 Å². The highest BCUT2D eigenvalue weighted by Gasteiger charge is 2.11. The molecule has 0 amide bonds. The Hall–Kier alpha value is -2.37. The molecule has 0 radical (unpaired) electrons. The molecule has 0 bridgehead atoms. The number of rotatable bonds is 8. The number of carbonyl (C=O) groups is 3. The van der Waals surface area contributed by atoms with Crippen LogP contribution in [-0.4, -0.2) is 30.9 Å². The zero-order valence-corrected chi connectivity index (χ0v) is 15.3. The van der Waals surface area contributed by atoms with E-state index in [0.717, 1.165) is 0 Å². The van der Waals surface area contributed by atoms with Gasteiger partial charge >= 0.3 is 6.16 Å². The van der Waals surface area contributed by atoms with Gasteiger partial charge in [0.1, 0.15) is 13.2 Å². The van der Waals surface area contributed by atoms with Crippen molar-refractivity contribution < 1.29 is 23.9 Å². The van der Waals surface area contributed by atoms with Gasteiger partial charge in [-0.25, -0.2) is 4.79 Å². The van der Waals surface area contributed by atoms with Crippen molar-refractivity contribution in [3.8, 4) is 0 Å². The number of benzene rings is 2. The van der Waals surface area contributed by atoms with Gasteiger partial charge in [0, 0.05) is 34.0 Å². The Kier molecular flexibility index (Phi) is 7.63. The Morgan fingerprint density at radius 1 is 0.654 bits per heavy atom. The first kappa shape index (κ1) is 19.9. The van der Waals surface area contributed by atoms with Crippen LogP contribution in [0, 0.1) is 0 Å². The molecule has 26 heavy (non-hydrogen) atoms. The molecule has 136 valence electrons. The molecule has 0 aliphatic rings. The van der Waals surface area contributed by atoms with Crippen molar-refractivity contribution in [3.63, 3.8) is 0 Å². The summed E-state index contributed by atoms with van der Waals surface area (Å²) in [6.45, 7) is -0.211. The third-order valence-corrected chi connectivity index (χ3v) is 3.93. The lowest BCUT2D eigenvalue weighted by Gasteiger charge is -2.06. The summed E-state index contributed by atoms with van der Waals surface area (Å²) in [4.78, 5) is 35.3. The van der Waals surface area contributed by atoms with Crippen LogP contribution in [0.15, 0.2) is 48.5 Å². The van der Waals surface area contributed by atoms with Crippen molar-refractivity contribution in [2.45, 2.75) is 12.8 Å². The van der Waals surface area contributed by atoms with E-state index in [2.05, 4.69) is 0 Å². The minimum absolute atomic E-state index is 0.0282. The van der Waals surface area contributed by atoms with Crippen molar-refractivity contribution in [1.29, 1.82) is 0 Å². The molecular weight excluding hydrogens is 379 g/mol. The highest BCUT2D eigenvalue weighted by molar-refractivity contribution is 6.31. The molecule has 0 aliphatic carbocycles. The minimum Gasteiger partial charge on any atom is -0.434 e. The van der Waals surface area contributed by atoms with Crippen molar-refractivity contribution >= 4 is 40.9 Å². The van der Waals surface area contributed by atoms with E-state index in [1.165, 1.54) is 0 Å². The zero-order valence-electron chi connectivity index (χ0n) is 13.7. The molecule has 2 rings (SSSR count). The second kappa shape index (κ2) is 9.94. The topological polar surface area (TPSA) is 69.7 Å². The highest BCUT2D eigenvalue weighted by Crippen LogP contribution is 2.12. The van der Waals surface area contributed by atoms with Crippen LogP contribution >= 0.6 is 23.2 Å². The van der Waals surface area contributed by atoms with E-state index in [0.29, 0.717) is 21.2 Å². The third kappa shape index (κ3) is 6.50. The molecule has 0 N–H and O–H groups in total. The molecular formula is C19H16Cl2O5. The molecule has 2 aromatic rings. The molecule has 0 spiro atoms. The zero-order chi connectivity index (χ0) is 18.9. The Morgan fingerprint density at radius 2 is 1.00 bits per heavy atom. The SMILES string of the molecule is O=C(OCCC(=O)c1ccc(Cl)cc1)OCCC(=O)c1ccc(Cl)cc1. The maximum absolute atomic E-state index is 11.9. The van der Waals surface area contributed by atoms with Gasteiger partial charge in [0.2, 0.25) is 0 Å². The van der Waals surface area contributed by atoms with E-state index in [-0.39, 0.29) is 37.6 Å². The van der Waals surface area contributed by atoms with Crippen LogP contribution in [0.1, 0.15) is 33.6 Å². The molecule has 0 heterocycles. The Balaban J connectivity index is 1.64. The third-order valence-electron chi connectivity index (χ3n) is 3.43. The van der Waals surface area contributed by atoms with Gasteiger partial charge < -0.3 is 9.47 Å². The normalized spacial score (nSPS) is 10.2. The van der Waals surface area contributed by atoms with Crippen LogP contribution in [0.25, 0.3) is 0 Å². The average molecular weight is 395 g/mol. The predicted molar refractivity (Wildman–Crippen MR) is 98.1 cm³/mol. The standard InChI is InChI=1S/C19H16Cl2O5/c20-15-5-1-13(2-6-15)17(22)9-11-25-19(24)26-12-10-18(23)14-3-7-16(21)8-4-14/h1-8H,9-12H2. The van der Waals surface area contributed by atoms with Crippen LogP contribution < -0.4 is 0 Å². The first-order chi connectivity index (χ1) is 12.5. The van der Waals surface area contributed by atoms with E-state index in [9.17, 15) is 14.4 Å². The average Bonchev–Trinajstić information content (AvgIpc) is 2.62. The van der Waals surface area contributed by atoms with Gasteiger partial charge in [-0.3, -0.25) is 9.59 Å². The van der Waals surface area contributed by atoms with E-state index in [1.807, 2.05) is 0 Å². The lowest BCUT2D eigenvalue weighted by molar-refractivity contribution is 0.0520. The van der Waals surface area contributed by atoms with E-state index < -0.39 is 6.16 Å². The van der Waals surface area contributed by atoms with Crippen LogP contribution in [0.4, 0.5) is 4.79 Å². The first-order valence-electron chi connectivity index (χ1n) is 7.83. The lowest BCUT2D eigenvalue weighted by Crippen LogP contribution is -2.14. The maximum Gasteiger partial charge on any atom is 0.508 e. The number of halogens is 2. The molecule has 2 aromatic carbocycles. The summed E-state index contributed by atoms with van der Waals surface area (Å²) in [6.07, 6.45) is -0.862. The van der Waals surface area contributed by atoms with Gasteiger partial charge in [-0.05, 0) is 48.5 Å². The predicted octanol–water partition coefficient (Wildman–Crippen LogP) is 4.99. The molecule has 0 fully saturated rings. The van der Waals surface area contributed by atoms with Crippen LogP contribution in [0.3, 0.4) is 0 Å². The lowest BCUT2D eigenvalue weighted by atomic mass is 10.1. The summed E-state index contributed by atoms with van der Waals surface area (Å²) in [5, 5.41) is 1.07. The number of ketones is 2. The molecule has 7 heteroatoms. The van der Waals surface area contributed by atoms with Gasteiger partial charge in [0.05, 0.1) is 0 Å². The summed E-state index contributed by atoms with van der Waals surface area (Å²) in [7, 11) is 0. The summed E-state index contributed by atoms with van der Waals surface area (Å²) < 4.78 is 9.65. The van der Waals surface area contributed by atoms with Gasteiger partial charge in [-0.1, -0.05) is 23.2 Å². The molecule has 0 saturated heterocycles. The van der Waals surface area contributed by atoms with Crippen molar-refractivity contribution in [3.05, 3.63) is 69.7 Å². The summed E-state index contributed by atoms with van der Waals surface area (Å²) >= 11 is 11.5. The largest absolute Gasteiger partial charge is 0.508 e. The van der Waals surface area contributed by atoms with Crippen LogP contribution in [0.2, 0.25) is 10.0 Å². The van der Waals surface area contributed by atoms with Crippen molar-refractivity contribution in [1.82, 2.24) is 0 Å².